The molecule has 0 spiro atoms. The molecule has 0 saturated carbocycles. The second-order valence-corrected chi connectivity index (χ2v) is 9.56. The summed E-state index contributed by atoms with van der Waals surface area (Å²) < 4.78 is 11.8. The molecular formula is C25H21BrN2O7. The molecule has 2 heterocycles. The van der Waals surface area contributed by atoms with Gasteiger partial charge in [-0.25, -0.2) is 9.59 Å². The van der Waals surface area contributed by atoms with Gasteiger partial charge < -0.3 is 14.6 Å². The molecule has 0 atom stereocenters. The number of fused-ring (bicyclic) bond motifs is 1. The number of hydrogen-bond donors (Lipinski definition) is 1. The molecule has 180 valence electrons. The first kappa shape index (κ1) is 24.2. The van der Waals surface area contributed by atoms with Crippen LogP contribution in [0.15, 0.2) is 59.2 Å². The van der Waals surface area contributed by atoms with Crippen LogP contribution in [0.5, 0.6) is 5.75 Å². The molecule has 0 saturated heterocycles. The van der Waals surface area contributed by atoms with Crippen LogP contribution in [0.2, 0.25) is 0 Å². The van der Waals surface area contributed by atoms with Crippen LogP contribution in [0, 0.1) is 0 Å². The van der Waals surface area contributed by atoms with E-state index in [1.165, 1.54) is 6.20 Å². The predicted molar refractivity (Wildman–Crippen MR) is 130 cm³/mol. The zero-order valence-electron chi connectivity index (χ0n) is 19.1. The van der Waals surface area contributed by atoms with Crippen LogP contribution in [0.25, 0.3) is 16.5 Å². The zero-order valence-corrected chi connectivity index (χ0v) is 20.7. The molecule has 3 aromatic rings. The first-order chi connectivity index (χ1) is 16.5. The minimum absolute atomic E-state index is 0.147. The molecule has 9 nitrogen and oxygen atoms in total. The Kier molecular flexibility index (Phi) is 6.25. The number of benzene rings is 2. The first-order valence-electron chi connectivity index (χ1n) is 10.5. The quantitative estimate of drug-likeness (QED) is 0.454. The average Bonchev–Trinajstić information content (AvgIpc) is 3.26. The molecule has 2 aromatic carbocycles. The van der Waals surface area contributed by atoms with Crippen LogP contribution in [0.3, 0.4) is 0 Å². The van der Waals surface area contributed by atoms with E-state index in [1.54, 1.807) is 39.0 Å². The van der Waals surface area contributed by atoms with Gasteiger partial charge in [0.2, 0.25) is 0 Å². The molecule has 1 N–H and O–H groups in total. The Bertz CT molecular complexity index is 1400. The minimum atomic E-state index is -1.28. The van der Waals surface area contributed by atoms with Crippen molar-refractivity contribution < 1.29 is 33.8 Å². The lowest BCUT2D eigenvalue weighted by molar-refractivity contribution is -0.135. The summed E-state index contributed by atoms with van der Waals surface area (Å²) in [7, 11) is 0. The van der Waals surface area contributed by atoms with Crippen molar-refractivity contribution in [2.45, 2.75) is 33.0 Å². The Labute approximate surface area is 208 Å². The SMILES string of the molecule is CC(C)(C)OC(=O)N1C(=O)C(Br)=C(c2cn(C(=O)O)c3ccc(OCc4ccccc4)cc23)C1=O. The monoisotopic (exact) mass is 540 g/mol. The van der Waals surface area contributed by atoms with Crippen molar-refractivity contribution in [2.75, 3.05) is 0 Å². The van der Waals surface area contributed by atoms with Gasteiger partial charge in [-0.05, 0) is 60.5 Å². The molecular weight excluding hydrogens is 520 g/mol. The summed E-state index contributed by atoms with van der Waals surface area (Å²) in [6.45, 7) is 5.10. The van der Waals surface area contributed by atoms with Crippen molar-refractivity contribution in [3.05, 3.63) is 70.3 Å². The third kappa shape index (κ3) is 4.69. The lowest BCUT2D eigenvalue weighted by Crippen LogP contribution is -2.41. The number of halogens is 1. The highest BCUT2D eigenvalue weighted by atomic mass is 79.9. The molecule has 0 radical (unpaired) electrons. The standard InChI is InChI=1S/C25H21BrN2O7/c1-25(2,3)35-24(33)28-21(29)19(20(26)22(28)30)17-12-27(23(31)32)18-10-9-15(11-16(17)18)34-13-14-7-5-4-6-8-14/h4-12H,13H2,1-3H3,(H,31,32). The molecule has 3 amide bonds. The second kappa shape index (κ2) is 9.03. The summed E-state index contributed by atoms with van der Waals surface area (Å²) in [6.07, 6.45) is -1.17. The predicted octanol–water partition coefficient (Wildman–Crippen LogP) is 5.16. The third-order valence-electron chi connectivity index (χ3n) is 5.10. The number of rotatable bonds is 4. The number of hydrogen-bond acceptors (Lipinski definition) is 6. The second-order valence-electron chi connectivity index (χ2n) is 8.76. The van der Waals surface area contributed by atoms with Gasteiger partial charge in [-0.1, -0.05) is 30.3 Å². The van der Waals surface area contributed by atoms with E-state index >= 15 is 0 Å². The van der Waals surface area contributed by atoms with Crippen molar-refractivity contribution >= 4 is 56.4 Å². The van der Waals surface area contributed by atoms with Crippen LogP contribution in [-0.2, 0) is 20.9 Å². The van der Waals surface area contributed by atoms with Crippen LogP contribution in [0.4, 0.5) is 9.59 Å². The minimum Gasteiger partial charge on any atom is -0.489 e. The lowest BCUT2D eigenvalue weighted by atomic mass is 10.1. The van der Waals surface area contributed by atoms with Gasteiger partial charge in [0.05, 0.1) is 15.6 Å². The van der Waals surface area contributed by atoms with Crippen LogP contribution < -0.4 is 4.74 Å². The highest BCUT2D eigenvalue weighted by Crippen LogP contribution is 2.39. The molecule has 1 aromatic heterocycles. The molecule has 10 heteroatoms. The van der Waals surface area contributed by atoms with Crippen molar-refractivity contribution in [2.24, 2.45) is 0 Å². The Balaban J connectivity index is 1.76. The topological polar surface area (TPSA) is 115 Å². The summed E-state index contributed by atoms with van der Waals surface area (Å²) in [5.41, 5.74) is 0.293. The average molecular weight is 541 g/mol. The van der Waals surface area contributed by atoms with E-state index in [-0.39, 0.29) is 27.7 Å². The van der Waals surface area contributed by atoms with Crippen LogP contribution in [0.1, 0.15) is 31.9 Å². The molecule has 1 aliphatic rings. The van der Waals surface area contributed by atoms with E-state index in [4.69, 9.17) is 9.47 Å². The number of carbonyl (C=O) groups is 4. The van der Waals surface area contributed by atoms with Gasteiger partial charge in [-0.3, -0.25) is 14.2 Å². The fraction of sp³-hybridized carbons (Fsp3) is 0.200. The van der Waals surface area contributed by atoms with Gasteiger partial charge in [-0.2, -0.15) is 4.90 Å². The van der Waals surface area contributed by atoms with E-state index in [0.717, 1.165) is 10.1 Å². The molecule has 1 aliphatic heterocycles. The highest BCUT2D eigenvalue weighted by molar-refractivity contribution is 9.12. The number of nitrogens with zero attached hydrogens (tertiary/aromatic N) is 2. The molecule has 35 heavy (non-hydrogen) atoms. The molecule has 0 bridgehead atoms. The summed E-state index contributed by atoms with van der Waals surface area (Å²) in [4.78, 5) is 50.8. The maximum atomic E-state index is 13.2. The maximum Gasteiger partial charge on any atom is 0.424 e. The first-order valence-corrected chi connectivity index (χ1v) is 11.3. The summed E-state index contributed by atoms with van der Waals surface area (Å²) in [5.74, 6) is -1.38. The van der Waals surface area contributed by atoms with Crippen LogP contribution in [-0.4, -0.2) is 44.2 Å². The lowest BCUT2D eigenvalue weighted by Gasteiger charge is -2.22. The van der Waals surface area contributed by atoms with Gasteiger partial charge in [0.25, 0.3) is 11.8 Å². The summed E-state index contributed by atoms with van der Waals surface area (Å²) >= 11 is 3.12. The molecule has 0 unspecified atom stereocenters. The fourth-order valence-electron chi connectivity index (χ4n) is 3.61. The number of aromatic nitrogens is 1. The van der Waals surface area contributed by atoms with Gasteiger partial charge in [0.1, 0.15) is 18.0 Å². The zero-order chi connectivity index (χ0) is 25.5. The Morgan fingerprint density at radius 1 is 1.03 bits per heavy atom. The number of carboxylic acid groups (broad SMARTS) is 1. The van der Waals surface area contributed by atoms with Crippen molar-refractivity contribution in [3.63, 3.8) is 0 Å². The van der Waals surface area contributed by atoms with E-state index in [1.807, 2.05) is 30.3 Å². The smallest absolute Gasteiger partial charge is 0.424 e. The van der Waals surface area contributed by atoms with E-state index in [0.29, 0.717) is 16.0 Å². The Morgan fingerprint density at radius 2 is 1.71 bits per heavy atom. The van der Waals surface area contributed by atoms with Crippen LogP contribution >= 0.6 is 15.9 Å². The number of amides is 3. The van der Waals surface area contributed by atoms with E-state index < -0.39 is 29.6 Å². The Hall–Kier alpha value is -3.92. The third-order valence-corrected chi connectivity index (χ3v) is 5.84. The molecule has 0 aliphatic carbocycles. The fourth-order valence-corrected chi connectivity index (χ4v) is 4.17. The van der Waals surface area contributed by atoms with E-state index in [2.05, 4.69) is 15.9 Å². The number of ether oxygens (including phenoxy) is 2. The maximum absolute atomic E-state index is 13.2. The van der Waals surface area contributed by atoms with E-state index in [9.17, 15) is 24.3 Å². The molecule has 0 fully saturated rings. The van der Waals surface area contributed by atoms with Gasteiger partial charge in [0, 0.05) is 17.1 Å². The summed E-state index contributed by atoms with van der Waals surface area (Å²) in [5, 5.41) is 10.0. The summed E-state index contributed by atoms with van der Waals surface area (Å²) in [6, 6.07) is 14.2. The number of carbonyl (C=O) groups excluding carboxylic acids is 3. The molecule has 4 rings (SSSR count). The highest BCUT2D eigenvalue weighted by Gasteiger charge is 2.44. The van der Waals surface area contributed by atoms with Crippen molar-refractivity contribution in [1.82, 2.24) is 9.47 Å². The van der Waals surface area contributed by atoms with Gasteiger partial charge in [0.15, 0.2) is 0 Å². The van der Waals surface area contributed by atoms with Crippen molar-refractivity contribution in [1.29, 1.82) is 0 Å². The number of imide groups is 3. The normalized spacial score (nSPS) is 14.1. The van der Waals surface area contributed by atoms with Crippen molar-refractivity contribution in [3.8, 4) is 5.75 Å². The Morgan fingerprint density at radius 3 is 2.34 bits per heavy atom. The van der Waals surface area contributed by atoms with Gasteiger partial charge >= 0.3 is 12.2 Å². The largest absolute Gasteiger partial charge is 0.489 e. The van der Waals surface area contributed by atoms with Gasteiger partial charge in [-0.15, -0.1) is 0 Å².